The fraction of sp³-hybridized carbons (Fsp3) is 0.167. The largest absolute Gasteiger partial charge is 0.223 e. The third kappa shape index (κ3) is 2.21. The second-order valence-electron chi connectivity index (χ2n) is 1.91. The van der Waals surface area contributed by atoms with Crippen LogP contribution in [0.1, 0.15) is 11.8 Å². The summed E-state index contributed by atoms with van der Waals surface area (Å²) in [7, 11) is 0. The normalized spacial score (nSPS) is 12.2. The molecule has 0 radical (unpaired) electrons. The number of hydrogen-bond donors (Lipinski definition) is 1. The zero-order valence-corrected chi connectivity index (χ0v) is 9.69. The van der Waals surface area contributed by atoms with Crippen LogP contribution in [0.25, 0.3) is 0 Å². The second kappa shape index (κ2) is 3.94. The number of halogens is 2. The van der Waals surface area contributed by atoms with Crippen LogP contribution >= 0.6 is 51.7 Å². The highest BCUT2D eigenvalue weighted by Crippen LogP contribution is 2.31. The van der Waals surface area contributed by atoms with Gasteiger partial charge in [-0.2, -0.15) is 0 Å². The van der Waals surface area contributed by atoms with Gasteiger partial charge in [-0.1, -0.05) is 11.6 Å². The minimum atomic E-state index is 0.720. The van der Waals surface area contributed by atoms with E-state index in [1.165, 1.54) is 0 Å². The highest BCUT2D eigenvalue weighted by atomic mass is 79.9. The van der Waals surface area contributed by atoms with Crippen LogP contribution in [-0.4, -0.2) is 5.71 Å². The van der Waals surface area contributed by atoms with E-state index in [9.17, 15) is 0 Å². The first-order chi connectivity index (χ1) is 5.15. The van der Waals surface area contributed by atoms with E-state index in [4.69, 9.17) is 11.6 Å². The summed E-state index contributed by atoms with van der Waals surface area (Å²) in [5.74, 6) is 0. The molecule has 5 heteroatoms. The van der Waals surface area contributed by atoms with Gasteiger partial charge in [0.25, 0.3) is 0 Å². The van der Waals surface area contributed by atoms with E-state index in [0.29, 0.717) is 0 Å². The van der Waals surface area contributed by atoms with E-state index in [1.807, 2.05) is 13.0 Å². The van der Waals surface area contributed by atoms with E-state index in [2.05, 4.69) is 33.1 Å². The zero-order valence-electron chi connectivity index (χ0n) is 5.64. The Labute approximate surface area is 88.2 Å². The van der Waals surface area contributed by atoms with Crippen LogP contribution in [0, 0.1) is 0 Å². The minimum Gasteiger partial charge on any atom is -0.223 e. The molecule has 1 aromatic heterocycles. The van der Waals surface area contributed by atoms with Gasteiger partial charge in [-0.15, -0.1) is 11.3 Å². The van der Waals surface area contributed by atoms with E-state index < -0.39 is 0 Å². The molecule has 0 bridgehead atoms. The number of thiophene rings is 1. The summed E-state index contributed by atoms with van der Waals surface area (Å²) in [6, 6.07) is 1.85. The summed E-state index contributed by atoms with van der Waals surface area (Å²) in [4.78, 5) is 0.966. The predicted molar refractivity (Wildman–Crippen MR) is 58.2 cm³/mol. The zero-order chi connectivity index (χ0) is 8.43. The van der Waals surface area contributed by atoms with E-state index in [0.717, 1.165) is 19.4 Å². The van der Waals surface area contributed by atoms with Crippen LogP contribution in [0.5, 0.6) is 0 Å². The molecular weight excluding hydrogens is 266 g/mol. The van der Waals surface area contributed by atoms with Gasteiger partial charge < -0.3 is 0 Å². The van der Waals surface area contributed by atoms with Crippen molar-refractivity contribution in [3.8, 4) is 0 Å². The van der Waals surface area contributed by atoms with Gasteiger partial charge in [0.2, 0.25) is 0 Å². The average Bonchev–Trinajstić information content (AvgIpc) is 2.28. The molecule has 0 spiro atoms. The van der Waals surface area contributed by atoms with Crippen molar-refractivity contribution >= 4 is 57.4 Å². The standard InChI is InChI=1S/C6H5BrClNS2/c1-3(9-10)6-4(8)2-5(7)11-6/h2,10H,1H3. The Morgan fingerprint density at radius 2 is 2.45 bits per heavy atom. The first-order valence-corrected chi connectivity index (χ1v) is 5.17. The molecule has 60 valence electrons. The third-order valence-electron chi connectivity index (χ3n) is 1.14. The predicted octanol–water partition coefficient (Wildman–Crippen LogP) is 3.82. The smallest absolute Gasteiger partial charge is 0.0720 e. The van der Waals surface area contributed by atoms with E-state index in [1.54, 1.807) is 11.3 Å². The Morgan fingerprint density at radius 1 is 1.82 bits per heavy atom. The Hall–Kier alpha value is 0.490. The molecule has 11 heavy (non-hydrogen) atoms. The molecule has 1 aromatic rings. The van der Waals surface area contributed by atoms with Crippen molar-refractivity contribution in [2.24, 2.45) is 4.40 Å². The van der Waals surface area contributed by atoms with Gasteiger partial charge in [0.1, 0.15) is 0 Å². The Kier molecular flexibility index (Phi) is 3.43. The number of rotatable bonds is 1. The summed E-state index contributed by atoms with van der Waals surface area (Å²) in [5, 5.41) is 0.720. The van der Waals surface area contributed by atoms with Gasteiger partial charge in [-0.3, -0.25) is 0 Å². The van der Waals surface area contributed by atoms with Crippen LogP contribution < -0.4 is 0 Å². The molecule has 0 aliphatic carbocycles. The molecule has 0 amide bonds. The maximum atomic E-state index is 5.88. The molecule has 0 aliphatic heterocycles. The Bertz CT molecular complexity index is 295. The molecule has 0 fully saturated rings. The van der Waals surface area contributed by atoms with Crippen molar-refractivity contribution in [1.29, 1.82) is 0 Å². The SMILES string of the molecule is CC(=NS)c1sc(Br)cc1Cl. The van der Waals surface area contributed by atoms with Crippen molar-refractivity contribution in [3.63, 3.8) is 0 Å². The minimum absolute atomic E-state index is 0.720. The molecular formula is C6H5BrClNS2. The van der Waals surface area contributed by atoms with Gasteiger partial charge in [0.15, 0.2) is 0 Å². The fourth-order valence-corrected chi connectivity index (χ4v) is 2.79. The molecule has 0 N–H and O–H groups in total. The molecule has 0 aromatic carbocycles. The fourth-order valence-electron chi connectivity index (χ4n) is 0.633. The van der Waals surface area contributed by atoms with Gasteiger partial charge in [-0.05, 0) is 41.7 Å². The van der Waals surface area contributed by atoms with Crippen molar-refractivity contribution in [2.75, 3.05) is 0 Å². The van der Waals surface area contributed by atoms with Crippen molar-refractivity contribution < 1.29 is 0 Å². The van der Waals surface area contributed by atoms with Crippen LogP contribution in [0.4, 0.5) is 0 Å². The number of thiol groups is 1. The molecule has 0 aliphatic rings. The van der Waals surface area contributed by atoms with Gasteiger partial charge in [-0.25, -0.2) is 4.40 Å². The Balaban J connectivity index is 3.13. The van der Waals surface area contributed by atoms with Gasteiger partial charge in [0.05, 0.1) is 19.4 Å². The first-order valence-electron chi connectivity index (χ1n) is 2.79. The highest BCUT2D eigenvalue weighted by molar-refractivity contribution is 9.11. The summed E-state index contributed by atoms with van der Waals surface area (Å²) in [6.07, 6.45) is 0. The summed E-state index contributed by atoms with van der Waals surface area (Å²) >= 11 is 14.6. The number of nitrogens with zero attached hydrogens (tertiary/aromatic N) is 1. The van der Waals surface area contributed by atoms with Crippen molar-refractivity contribution in [1.82, 2.24) is 0 Å². The molecule has 0 unspecified atom stereocenters. The van der Waals surface area contributed by atoms with Crippen LogP contribution in [-0.2, 0) is 0 Å². The molecule has 0 saturated heterocycles. The maximum Gasteiger partial charge on any atom is 0.0720 e. The summed E-state index contributed by atoms with van der Waals surface area (Å²) in [6.45, 7) is 1.87. The molecule has 1 heterocycles. The third-order valence-corrected chi connectivity index (χ3v) is 3.59. The summed E-state index contributed by atoms with van der Waals surface area (Å²) < 4.78 is 4.76. The van der Waals surface area contributed by atoms with Crippen molar-refractivity contribution in [3.05, 3.63) is 19.8 Å². The Morgan fingerprint density at radius 3 is 2.82 bits per heavy atom. The number of hydrogen-bond acceptors (Lipinski definition) is 3. The molecule has 0 saturated carbocycles. The summed E-state index contributed by atoms with van der Waals surface area (Å²) in [5.41, 5.74) is 0.842. The molecule has 1 nitrogen and oxygen atoms in total. The maximum absolute atomic E-state index is 5.88. The highest BCUT2D eigenvalue weighted by Gasteiger charge is 2.07. The second-order valence-corrected chi connectivity index (χ2v) is 4.95. The molecule has 0 atom stereocenters. The lowest BCUT2D eigenvalue weighted by Crippen LogP contribution is -1.87. The van der Waals surface area contributed by atoms with Gasteiger partial charge >= 0.3 is 0 Å². The topological polar surface area (TPSA) is 12.4 Å². The van der Waals surface area contributed by atoms with Gasteiger partial charge in [0, 0.05) is 0 Å². The lowest BCUT2D eigenvalue weighted by atomic mass is 10.3. The van der Waals surface area contributed by atoms with E-state index in [-0.39, 0.29) is 0 Å². The average molecular weight is 271 g/mol. The van der Waals surface area contributed by atoms with Crippen LogP contribution in [0.3, 0.4) is 0 Å². The molecule has 1 rings (SSSR count). The first kappa shape index (κ1) is 9.58. The lowest BCUT2D eigenvalue weighted by molar-refractivity contribution is 1.74. The lowest BCUT2D eigenvalue weighted by Gasteiger charge is -1.92. The monoisotopic (exact) mass is 269 g/mol. The van der Waals surface area contributed by atoms with Crippen LogP contribution in [0.2, 0.25) is 5.02 Å². The quantitative estimate of drug-likeness (QED) is 0.588. The van der Waals surface area contributed by atoms with E-state index >= 15 is 0 Å². The van der Waals surface area contributed by atoms with Crippen molar-refractivity contribution in [2.45, 2.75) is 6.92 Å². The van der Waals surface area contributed by atoms with Crippen LogP contribution in [0.15, 0.2) is 14.3 Å².